The Morgan fingerprint density at radius 2 is 2.09 bits per heavy atom. The van der Waals surface area contributed by atoms with E-state index in [4.69, 9.17) is 25.8 Å². The van der Waals surface area contributed by atoms with E-state index >= 15 is 0 Å². The topological polar surface area (TPSA) is 107 Å². The van der Waals surface area contributed by atoms with E-state index < -0.39 is 21.9 Å². The van der Waals surface area contributed by atoms with Crippen molar-refractivity contribution in [2.75, 3.05) is 44.1 Å². The highest BCUT2D eigenvalue weighted by Crippen LogP contribution is 2.47. The molecule has 0 aromatic heterocycles. The molecular formula is C34H42ClN3O6S. The summed E-state index contributed by atoms with van der Waals surface area (Å²) in [6.45, 7) is 3.79. The summed E-state index contributed by atoms with van der Waals surface area (Å²) < 4.78 is 37.8. The maximum absolute atomic E-state index is 13.8. The Kier molecular flexibility index (Phi) is 9.45. The van der Waals surface area contributed by atoms with E-state index in [1.165, 1.54) is 11.1 Å². The first kappa shape index (κ1) is 31.9. The Morgan fingerprint density at radius 1 is 1.22 bits per heavy atom. The lowest BCUT2D eigenvalue weighted by Gasteiger charge is -2.46. The standard InChI is InChI=1S/C34H42ClN3O6S/c1-3-43-33(40)37-45(41)17-6-4-5-9-30(42-2)27-13-10-25(27)20-38-21-34(16-7-8-23-18-26(35)12-14-28(23)34)22-44-31-15-11-24(19-29(31)38)32(39)36-45/h5,9,11-12,14-15,18-19,25,27,30H,3-4,6-8,10,13,16-17,20-22H2,1-2H3,(H,36,37,39,40,41)/b9-5+/t25-,27+,30-,34-,45?/m0/s1. The van der Waals surface area contributed by atoms with Crippen molar-refractivity contribution >= 4 is 39.2 Å². The monoisotopic (exact) mass is 655 g/mol. The Balaban J connectivity index is 1.43. The molecule has 0 radical (unpaired) electrons. The Bertz CT molecular complexity index is 1600. The lowest BCUT2D eigenvalue weighted by Crippen LogP contribution is -2.49. The van der Waals surface area contributed by atoms with Gasteiger partial charge in [-0.3, -0.25) is 4.79 Å². The van der Waals surface area contributed by atoms with Gasteiger partial charge in [0.05, 0.1) is 30.8 Å². The molecule has 242 valence electrons. The molecule has 2 aliphatic heterocycles. The number of methoxy groups -OCH3 is 1. The van der Waals surface area contributed by atoms with Gasteiger partial charge in [0.25, 0.3) is 5.91 Å². The lowest BCUT2D eigenvalue weighted by molar-refractivity contribution is 0.0132. The van der Waals surface area contributed by atoms with Crippen molar-refractivity contribution in [3.63, 3.8) is 0 Å². The number of amides is 2. The summed E-state index contributed by atoms with van der Waals surface area (Å²) in [5.41, 5.74) is 3.41. The van der Waals surface area contributed by atoms with Crippen LogP contribution in [0.4, 0.5) is 10.5 Å². The molecule has 1 saturated carbocycles. The molecule has 9 nitrogen and oxygen atoms in total. The zero-order valence-electron chi connectivity index (χ0n) is 26.0. The van der Waals surface area contributed by atoms with E-state index in [2.05, 4.69) is 32.2 Å². The van der Waals surface area contributed by atoms with Crippen molar-refractivity contribution in [2.45, 2.75) is 63.4 Å². The van der Waals surface area contributed by atoms with E-state index in [0.717, 1.165) is 55.9 Å². The molecule has 1 unspecified atom stereocenters. The van der Waals surface area contributed by atoms with Gasteiger partial charge in [-0.2, -0.15) is 0 Å². The van der Waals surface area contributed by atoms with Gasteiger partial charge in [0.2, 0.25) is 0 Å². The van der Waals surface area contributed by atoms with E-state index in [1.807, 2.05) is 24.3 Å². The van der Waals surface area contributed by atoms with Crippen molar-refractivity contribution in [1.29, 1.82) is 0 Å². The van der Waals surface area contributed by atoms with Crippen molar-refractivity contribution in [3.8, 4) is 5.75 Å². The summed E-state index contributed by atoms with van der Waals surface area (Å²) in [4.78, 5) is 28.3. The molecule has 1 fully saturated rings. The quantitative estimate of drug-likeness (QED) is 0.378. The van der Waals surface area contributed by atoms with Crippen LogP contribution in [-0.2, 0) is 31.2 Å². The number of allylic oxidation sites excluding steroid dienone is 1. The normalized spacial score (nSPS) is 30.4. The van der Waals surface area contributed by atoms with Crippen LogP contribution in [0.1, 0.15) is 66.9 Å². The van der Waals surface area contributed by atoms with Crippen molar-refractivity contribution in [2.24, 2.45) is 16.2 Å². The third-order valence-electron chi connectivity index (χ3n) is 9.78. The van der Waals surface area contributed by atoms with Crippen LogP contribution in [0.15, 0.2) is 52.9 Å². The molecule has 0 saturated heterocycles. The molecule has 2 heterocycles. The van der Waals surface area contributed by atoms with Gasteiger partial charge in [0, 0.05) is 36.2 Å². The summed E-state index contributed by atoms with van der Waals surface area (Å²) >= 11 is 6.42. The van der Waals surface area contributed by atoms with Crippen LogP contribution in [0.3, 0.4) is 0 Å². The number of ether oxygens (including phenoxy) is 3. The number of anilines is 1. The Morgan fingerprint density at radius 3 is 2.87 bits per heavy atom. The lowest BCUT2D eigenvalue weighted by atomic mass is 9.68. The van der Waals surface area contributed by atoms with Crippen molar-refractivity contribution in [1.82, 2.24) is 4.72 Å². The maximum Gasteiger partial charge on any atom is 0.419 e. The number of hydrogen-bond acceptors (Lipinski definition) is 7. The molecule has 1 N–H and O–H groups in total. The molecule has 5 atom stereocenters. The van der Waals surface area contributed by atoms with Crippen LogP contribution in [0.25, 0.3) is 0 Å². The molecule has 2 amide bonds. The highest BCUT2D eigenvalue weighted by molar-refractivity contribution is 7.92. The largest absolute Gasteiger partial charge is 0.490 e. The first-order chi connectivity index (χ1) is 21.7. The third kappa shape index (κ3) is 6.74. The summed E-state index contributed by atoms with van der Waals surface area (Å²) in [5.74, 6) is 0.822. The van der Waals surface area contributed by atoms with Gasteiger partial charge in [-0.1, -0.05) is 29.8 Å². The predicted molar refractivity (Wildman–Crippen MR) is 176 cm³/mol. The van der Waals surface area contributed by atoms with Gasteiger partial charge in [-0.05, 0) is 105 Å². The highest BCUT2D eigenvalue weighted by atomic mass is 35.5. The molecule has 11 heteroatoms. The molecule has 2 aromatic carbocycles. The molecular weight excluding hydrogens is 614 g/mol. The Hall–Kier alpha value is -3.08. The fraction of sp³-hybridized carbons (Fsp3) is 0.529. The minimum Gasteiger partial charge on any atom is -0.490 e. The van der Waals surface area contributed by atoms with Gasteiger partial charge < -0.3 is 19.1 Å². The van der Waals surface area contributed by atoms with Crippen LogP contribution in [-0.4, -0.2) is 61.5 Å². The van der Waals surface area contributed by atoms with Crippen LogP contribution in [0.5, 0.6) is 5.75 Å². The number of benzene rings is 2. The van der Waals surface area contributed by atoms with E-state index in [1.54, 1.807) is 20.1 Å². The zero-order chi connectivity index (χ0) is 31.6. The van der Waals surface area contributed by atoms with E-state index in [9.17, 15) is 13.8 Å². The number of halogens is 1. The zero-order valence-corrected chi connectivity index (χ0v) is 27.5. The first-order valence-electron chi connectivity index (χ1n) is 16.0. The molecule has 45 heavy (non-hydrogen) atoms. The third-order valence-corrected chi connectivity index (χ3v) is 11.8. The first-order valence-corrected chi connectivity index (χ1v) is 18.0. The highest BCUT2D eigenvalue weighted by Gasteiger charge is 2.44. The summed E-state index contributed by atoms with van der Waals surface area (Å²) in [6, 6.07) is 11.5. The average molecular weight is 656 g/mol. The second-order valence-electron chi connectivity index (χ2n) is 12.6. The van der Waals surface area contributed by atoms with E-state index in [-0.39, 0.29) is 23.9 Å². The summed E-state index contributed by atoms with van der Waals surface area (Å²) in [7, 11) is -1.68. The fourth-order valence-corrected chi connectivity index (χ4v) is 9.09. The minimum atomic E-state index is -3.44. The molecule has 4 aliphatic rings. The van der Waals surface area contributed by atoms with Gasteiger partial charge >= 0.3 is 6.09 Å². The molecule has 6 rings (SSSR count). The SMILES string of the molecule is CCOC(=O)NS1(=O)=NC(=O)c2ccc3c(c2)N(C[C@@H]2CC[C@H]2[C@@H](OC)/C=C/CCC1)C[C@@]1(CCCc2cc(Cl)ccc21)CO3. The number of rotatable bonds is 3. The van der Waals surface area contributed by atoms with Gasteiger partial charge in [0.1, 0.15) is 15.7 Å². The maximum atomic E-state index is 13.8. The van der Waals surface area contributed by atoms with Crippen molar-refractivity contribution < 1.29 is 28.0 Å². The number of aryl methyl sites for hydroxylation is 1. The number of nitrogens with zero attached hydrogens (tertiary/aromatic N) is 2. The molecule has 2 bridgehead atoms. The minimum absolute atomic E-state index is 0.0116. The number of fused-ring (bicyclic) bond motifs is 4. The number of nitrogens with one attached hydrogen (secondary N) is 1. The van der Waals surface area contributed by atoms with Crippen LogP contribution < -0.4 is 14.4 Å². The van der Waals surface area contributed by atoms with Gasteiger partial charge in [0.15, 0.2) is 0 Å². The predicted octanol–water partition coefficient (Wildman–Crippen LogP) is 6.47. The summed E-state index contributed by atoms with van der Waals surface area (Å²) in [5, 5.41) is 0.741. The van der Waals surface area contributed by atoms with Crippen LogP contribution in [0.2, 0.25) is 5.02 Å². The van der Waals surface area contributed by atoms with E-state index in [0.29, 0.717) is 42.6 Å². The van der Waals surface area contributed by atoms with Crippen molar-refractivity contribution in [3.05, 3.63) is 70.3 Å². The fourth-order valence-electron chi connectivity index (χ4n) is 7.40. The molecule has 2 aromatic rings. The molecule has 2 aliphatic carbocycles. The average Bonchev–Trinajstić information content (AvgIpc) is 3.14. The second-order valence-corrected chi connectivity index (χ2v) is 15.1. The van der Waals surface area contributed by atoms with Crippen LogP contribution in [0, 0.1) is 11.8 Å². The number of carbonyl (C=O) groups is 2. The number of hydrogen-bond donors (Lipinski definition) is 1. The second kappa shape index (κ2) is 13.3. The van der Waals surface area contributed by atoms with Gasteiger partial charge in [-0.25, -0.2) is 13.7 Å². The van der Waals surface area contributed by atoms with Crippen LogP contribution >= 0.6 is 11.6 Å². The Labute approximate surface area is 270 Å². The molecule has 1 spiro atoms. The smallest absolute Gasteiger partial charge is 0.419 e. The number of carbonyl (C=O) groups excluding carboxylic acids is 2. The van der Waals surface area contributed by atoms with Gasteiger partial charge in [-0.15, -0.1) is 4.36 Å². The summed E-state index contributed by atoms with van der Waals surface area (Å²) in [6.07, 6.45) is 9.49.